The van der Waals surface area contributed by atoms with Crippen LogP contribution in [0.5, 0.6) is 0 Å². The number of rotatable bonds is 6. The Morgan fingerprint density at radius 1 is 1.48 bits per heavy atom. The third kappa shape index (κ3) is 3.20. The molecule has 21 heavy (non-hydrogen) atoms. The Balaban J connectivity index is 2.24. The van der Waals surface area contributed by atoms with Crippen molar-refractivity contribution in [1.82, 2.24) is 9.55 Å². The molecule has 1 fully saturated rings. The minimum absolute atomic E-state index is 0.237. The molecular formula is C15H25N3O3. The third-order valence-corrected chi connectivity index (χ3v) is 4.04. The summed E-state index contributed by atoms with van der Waals surface area (Å²) < 4.78 is 12.7. The lowest BCUT2D eigenvalue weighted by molar-refractivity contribution is 0.0521. The maximum absolute atomic E-state index is 11.9. The number of hydrogen-bond acceptors (Lipinski definition) is 5. The summed E-state index contributed by atoms with van der Waals surface area (Å²) in [4.78, 5) is 16.3. The van der Waals surface area contributed by atoms with Crippen LogP contribution in [-0.4, -0.2) is 34.8 Å². The summed E-state index contributed by atoms with van der Waals surface area (Å²) in [5, 5.41) is 0. The molecule has 1 aliphatic rings. The van der Waals surface area contributed by atoms with Crippen LogP contribution in [0, 0.1) is 5.92 Å². The number of imidazole rings is 1. The first-order valence-corrected chi connectivity index (χ1v) is 7.75. The smallest absolute Gasteiger partial charge is 0.360 e. The van der Waals surface area contributed by atoms with E-state index < -0.39 is 5.97 Å². The summed E-state index contributed by atoms with van der Waals surface area (Å²) in [5.41, 5.74) is 6.37. The van der Waals surface area contributed by atoms with Crippen molar-refractivity contribution in [3.8, 4) is 0 Å². The van der Waals surface area contributed by atoms with Gasteiger partial charge in [-0.25, -0.2) is 9.78 Å². The van der Waals surface area contributed by atoms with E-state index in [4.69, 9.17) is 15.2 Å². The van der Waals surface area contributed by atoms with E-state index in [1.54, 1.807) is 6.92 Å². The Hall–Kier alpha value is -1.56. The highest BCUT2D eigenvalue weighted by Crippen LogP contribution is 2.27. The van der Waals surface area contributed by atoms with E-state index in [9.17, 15) is 4.79 Å². The SMILES string of the molecule is CCOC(=O)c1nc(CC)n(CC2CCOC2CC)c1N. The van der Waals surface area contributed by atoms with Crippen LogP contribution in [0.15, 0.2) is 0 Å². The van der Waals surface area contributed by atoms with Crippen molar-refractivity contribution in [2.24, 2.45) is 5.92 Å². The molecule has 1 aromatic heterocycles. The fraction of sp³-hybridized carbons (Fsp3) is 0.733. The molecule has 118 valence electrons. The van der Waals surface area contributed by atoms with Crippen molar-refractivity contribution in [2.45, 2.75) is 52.7 Å². The van der Waals surface area contributed by atoms with Gasteiger partial charge in [0, 0.05) is 25.5 Å². The highest BCUT2D eigenvalue weighted by atomic mass is 16.5. The second-order valence-corrected chi connectivity index (χ2v) is 5.31. The summed E-state index contributed by atoms with van der Waals surface area (Å²) in [5.74, 6) is 1.22. The van der Waals surface area contributed by atoms with Crippen LogP contribution >= 0.6 is 0 Å². The highest BCUT2D eigenvalue weighted by molar-refractivity contribution is 5.92. The number of ether oxygens (including phenoxy) is 2. The van der Waals surface area contributed by atoms with E-state index >= 15 is 0 Å². The van der Waals surface area contributed by atoms with E-state index in [0.717, 1.165) is 38.2 Å². The molecule has 1 aliphatic heterocycles. The Bertz CT molecular complexity index is 499. The van der Waals surface area contributed by atoms with Gasteiger partial charge in [-0.05, 0) is 19.8 Å². The molecule has 2 heterocycles. The van der Waals surface area contributed by atoms with Crippen LogP contribution in [0.2, 0.25) is 0 Å². The summed E-state index contributed by atoms with van der Waals surface area (Å²) in [6.45, 7) is 7.78. The van der Waals surface area contributed by atoms with Gasteiger partial charge >= 0.3 is 5.97 Å². The Morgan fingerprint density at radius 2 is 2.24 bits per heavy atom. The highest BCUT2D eigenvalue weighted by Gasteiger charge is 2.29. The predicted molar refractivity (Wildman–Crippen MR) is 80.1 cm³/mol. The topological polar surface area (TPSA) is 79.4 Å². The maximum atomic E-state index is 11.9. The second-order valence-electron chi connectivity index (χ2n) is 5.31. The zero-order valence-corrected chi connectivity index (χ0v) is 13.1. The van der Waals surface area contributed by atoms with Crippen molar-refractivity contribution in [1.29, 1.82) is 0 Å². The van der Waals surface area contributed by atoms with Crippen molar-refractivity contribution in [2.75, 3.05) is 18.9 Å². The molecule has 2 N–H and O–H groups in total. The molecule has 0 bridgehead atoms. The summed E-state index contributed by atoms with van der Waals surface area (Å²) in [6.07, 6.45) is 3.01. The first kappa shape index (κ1) is 15.8. The standard InChI is InChI=1S/C15H25N3O3/c1-4-11-10(7-8-21-11)9-18-12(5-2)17-13(14(18)16)15(19)20-6-3/h10-11H,4-9,16H2,1-3H3. The molecule has 2 rings (SSSR count). The largest absolute Gasteiger partial charge is 0.461 e. The van der Waals surface area contributed by atoms with Crippen molar-refractivity contribution < 1.29 is 14.3 Å². The lowest BCUT2D eigenvalue weighted by Crippen LogP contribution is -2.22. The van der Waals surface area contributed by atoms with Gasteiger partial charge in [-0.15, -0.1) is 0 Å². The van der Waals surface area contributed by atoms with Gasteiger partial charge in [0.15, 0.2) is 5.69 Å². The molecule has 2 unspecified atom stereocenters. The molecule has 0 aliphatic carbocycles. The quantitative estimate of drug-likeness (QED) is 0.812. The summed E-state index contributed by atoms with van der Waals surface area (Å²) in [7, 11) is 0. The maximum Gasteiger partial charge on any atom is 0.360 e. The monoisotopic (exact) mass is 295 g/mol. The van der Waals surface area contributed by atoms with Crippen molar-refractivity contribution in [3.63, 3.8) is 0 Å². The van der Waals surface area contributed by atoms with E-state index in [2.05, 4.69) is 11.9 Å². The van der Waals surface area contributed by atoms with Crippen LogP contribution in [0.4, 0.5) is 5.82 Å². The van der Waals surface area contributed by atoms with Gasteiger partial charge in [0.2, 0.25) is 0 Å². The molecule has 0 spiro atoms. The molecule has 1 aromatic rings. The van der Waals surface area contributed by atoms with E-state index in [1.807, 2.05) is 11.5 Å². The summed E-state index contributed by atoms with van der Waals surface area (Å²) in [6, 6.07) is 0. The van der Waals surface area contributed by atoms with Crippen LogP contribution in [0.3, 0.4) is 0 Å². The van der Waals surface area contributed by atoms with Gasteiger partial charge in [-0.3, -0.25) is 0 Å². The van der Waals surface area contributed by atoms with Crippen molar-refractivity contribution >= 4 is 11.8 Å². The van der Waals surface area contributed by atoms with E-state index in [1.165, 1.54) is 0 Å². The zero-order valence-electron chi connectivity index (χ0n) is 13.1. The molecule has 6 nitrogen and oxygen atoms in total. The number of nitrogen functional groups attached to an aromatic ring is 1. The first-order valence-electron chi connectivity index (χ1n) is 7.75. The van der Waals surface area contributed by atoms with E-state index in [-0.39, 0.29) is 11.8 Å². The average molecular weight is 295 g/mol. The number of esters is 1. The van der Waals surface area contributed by atoms with Gasteiger partial charge in [0.1, 0.15) is 11.6 Å². The second kappa shape index (κ2) is 6.93. The molecule has 1 saturated heterocycles. The minimum Gasteiger partial charge on any atom is -0.461 e. The fourth-order valence-corrected chi connectivity index (χ4v) is 2.92. The average Bonchev–Trinajstić information content (AvgIpc) is 3.05. The molecule has 6 heteroatoms. The number of aryl methyl sites for hydroxylation is 1. The number of nitrogens with two attached hydrogens (primary N) is 1. The van der Waals surface area contributed by atoms with Crippen LogP contribution in [-0.2, 0) is 22.4 Å². The molecule has 0 aromatic carbocycles. The number of aromatic nitrogens is 2. The third-order valence-electron chi connectivity index (χ3n) is 4.04. The van der Waals surface area contributed by atoms with Crippen molar-refractivity contribution in [3.05, 3.63) is 11.5 Å². The zero-order chi connectivity index (χ0) is 15.4. The number of carbonyl (C=O) groups is 1. The normalized spacial score (nSPS) is 21.7. The van der Waals surface area contributed by atoms with Gasteiger partial charge in [0.05, 0.1) is 12.7 Å². The van der Waals surface area contributed by atoms with Gasteiger partial charge < -0.3 is 19.8 Å². The molecule has 0 amide bonds. The van der Waals surface area contributed by atoms with E-state index in [0.29, 0.717) is 18.3 Å². The first-order chi connectivity index (χ1) is 10.1. The Morgan fingerprint density at radius 3 is 2.86 bits per heavy atom. The van der Waals surface area contributed by atoms with Crippen LogP contribution in [0.25, 0.3) is 0 Å². The lowest BCUT2D eigenvalue weighted by Gasteiger charge is -2.19. The minimum atomic E-state index is -0.446. The van der Waals surface area contributed by atoms with Gasteiger partial charge in [-0.1, -0.05) is 13.8 Å². The predicted octanol–water partition coefficient (Wildman–Crippen LogP) is 2.02. The summed E-state index contributed by atoms with van der Waals surface area (Å²) >= 11 is 0. The Kier molecular flexibility index (Phi) is 5.22. The van der Waals surface area contributed by atoms with Gasteiger partial charge in [0.25, 0.3) is 0 Å². The number of nitrogens with zero attached hydrogens (tertiary/aromatic N) is 2. The molecular weight excluding hydrogens is 270 g/mol. The Labute approximate surface area is 125 Å². The van der Waals surface area contributed by atoms with Crippen LogP contribution in [0.1, 0.15) is 49.9 Å². The molecule has 0 radical (unpaired) electrons. The molecule has 0 saturated carbocycles. The fourth-order valence-electron chi connectivity index (χ4n) is 2.92. The molecule has 2 atom stereocenters. The lowest BCUT2D eigenvalue weighted by atomic mass is 9.99. The van der Waals surface area contributed by atoms with Gasteiger partial charge in [-0.2, -0.15) is 0 Å². The number of anilines is 1. The van der Waals surface area contributed by atoms with Crippen LogP contribution < -0.4 is 5.73 Å². The number of hydrogen-bond donors (Lipinski definition) is 1. The number of carbonyl (C=O) groups excluding carboxylic acids is 1.